The lowest BCUT2D eigenvalue weighted by Crippen LogP contribution is -2.38. The Kier molecular flexibility index (Phi) is 6.16. The maximum Gasteiger partial charge on any atom is 0.352 e. The van der Waals surface area contributed by atoms with Gasteiger partial charge in [0.15, 0.2) is 17.3 Å². The van der Waals surface area contributed by atoms with Gasteiger partial charge in [0.05, 0.1) is 32.0 Å². The van der Waals surface area contributed by atoms with E-state index in [-0.39, 0.29) is 30.4 Å². The molecule has 0 aliphatic carbocycles. The van der Waals surface area contributed by atoms with Crippen LogP contribution in [0.15, 0.2) is 70.5 Å². The molecule has 4 rings (SSSR count). The van der Waals surface area contributed by atoms with E-state index in [0.717, 1.165) is 4.57 Å². The number of anilines is 1. The molecule has 0 saturated heterocycles. The van der Waals surface area contributed by atoms with Gasteiger partial charge in [0.2, 0.25) is 5.91 Å². The number of hydrogen-bond donors (Lipinski definition) is 1. The summed E-state index contributed by atoms with van der Waals surface area (Å²) in [6, 6.07) is 13.4. The van der Waals surface area contributed by atoms with Gasteiger partial charge in [0.1, 0.15) is 6.54 Å². The molecule has 168 valence electrons. The van der Waals surface area contributed by atoms with Gasteiger partial charge in [-0.1, -0.05) is 6.07 Å². The van der Waals surface area contributed by atoms with Gasteiger partial charge in [-0.05, 0) is 36.4 Å². The Hall–Kier alpha value is -4.47. The zero-order valence-electron chi connectivity index (χ0n) is 18.0. The van der Waals surface area contributed by atoms with Crippen molar-refractivity contribution in [2.24, 2.45) is 0 Å². The number of carbonyl (C=O) groups is 1. The number of methoxy groups -OCH3 is 2. The summed E-state index contributed by atoms with van der Waals surface area (Å²) in [4.78, 5) is 46.5. The summed E-state index contributed by atoms with van der Waals surface area (Å²) in [6.07, 6.45) is 3.18. The molecule has 1 amide bonds. The summed E-state index contributed by atoms with van der Waals surface area (Å²) in [5, 5.41) is 2.76. The van der Waals surface area contributed by atoms with Crippen LogP contribution in [0, 0.1) is 0 Å². The minimum Gasteiger partial charge on any atom is -0.493 e. The van der Waals surface area contributed by atoms with Gasteiger partial charge in [-0.15, -0.1) is 0 Å². The molecule has 0 radical (unpaired) electrons. The van der Waals surface area contributed by atoms with Crippen LogP contribution in [0.5, 0.6) is 11.5 Å². The van der Waals surface area contributed by atoms with Gasteiger partial charge >= 0.3 is 5.69 Å². The van der Waals surface area contributed by atoms with Crippen LogP contribution < -0.4 is 26.0 Å². The Bertz CT molecular complexity index is 1380. The molecule has 2 aliphatic heterocycles. The summed E-state index contributed by atoms with van der Waals surface area (Å²) in [5.41, 5.74) is 0.0975. The minimum atomic E-state index is -0.710. The maximum absolute atomic E-state index is 13.0. The number of nitrogens with zero attached hydrogens (tertiary/aromatic N) is 4. The zero-order chi connectivity index (χ0) is 23.4. The molecule has 0 unspecified atom stereocenters. The van der Waals surface area contributed by atoms with E-state index in [9.17, 15) is 14.4 Å². The highest BCUT2D eigenvalue weighted by molar-refractivity contribution is 5.91. The molecule has 33 heavy (non-hydrogen) atoms. The van der Waals surface area contributed by atoms with Crippen LogP contribution >= 0.6 is 0 Å². The van der Waals surface area contributed by atoms with Crippen molar-refractivity contribution in [3.63, 3.8) is 0 Å². The molecular weight excluding hydrogens is 426 g/mol. The first-order chi connectivity index (χ1) is 16.0. The third kappa shape index (κ3) is 4.59. The number of ether oxygens (including phenoxy) is 2. The highest BCUT2D eigenvalue weighted by Crippen LogP contribution is 2.29. The van der Waals surface area contributed by atoms with Crippen molar-refractivity contribution in [3.05, 3.63) is 87.5 Å². The third-order valence-corrected chi connectivity index (χ3v) is 4.98. The monoisotopic (exact) mass is 447 g/mol. The second kappa shape index (κ2) is 9.35. The Morgan fingerprint density at radius 2 is 1.85 bits per heavy atom. The second-order valence-electron chi connectivity index (χ2n) is 7.10. The van der Waals surface area contributed by atoms with E-state index in [4.69, 9.17) is 9.47 Å². The van der Waals surface area contributed by atoms with Gasteiger partial charge in [-0.3, -0.25) is 19.1 Å². The molecular formula is C23H21N5O5. The van der Waals surface area contributed by atoms with Gasteiger partial charge in [-0.25, -0.2) is 4.79 Å². The van der Waals surface area contributed by atoms with Crippen molar-refractivity contribution >= 4 is 11.6 Å². The fourth-order valence-corrected chi connectivity index (χ4v) is 3.41. The quantitative estimate of drug-likeness (QED) is 0.457. The number of fused-ring (bicyclic) bond motifs is 1. The topological polar surface area (TPSA) is 117 Å². The van der Waals surface area contributed by atoms with Gasteiger partial charge in [0.25, 0.3) is 5.56 Å². The van der Waals surface area contributed by atoms with Crippen LogP contribution in [-0.2, 0) is 17.9 Å². The predicted molar refractivity (Wildman–Crippen MR) is 121 cm³/mol. The van der Waals surface area contributed by atoms with Crippen molar-refractivity contribution in [1.29, 1.82) is 0 Å². The molecule has 0 saturated carbocycles. The number of pyridine rings is 2. The van der Waals surface area contributed by atoms with Crippen LogP contribution in [0.25, 0.3) is 11.4 Å². The van der Waals surface area contributed by atoms with Crippen LogP contribution in [0.2, 0.25) is 0 Å². The Labute approximate surface area is 188 Å². The van der Waals surface area contributed by atoms with Crippen LogP contribution in [0.4, 0.5) is 5.69 Å². The SMILES string of the molecule is COc1ccc(NC(=O)Cn2cccc3c(=O)n(Cc4ccccn4)c(=O)nc2-3)cc1OC. The first kappa shape index (κ1) is 21.8. The fourth-order valence-electron chi connectivity index (χ4n) is 3.41. The molecule has 0 spiro atoms. The number of nitrogens with one attached hydrogen (secondary N) is 1. The summed E-state index contributed by atoms with van der Waals surface area (Å²) in [6.45, 7) is -0.141. The second-order valence-corrected chi connectivity index (χ2v) is 7.10. The fraction of sp³-hybridized carbons (Fsp3) is 0.174. The van der Waals surface area contributed by atoms with Crippen molar-refractivity contribution in [1.82, 2.24) is 19.1 Å². The van der Waals surface area contributed by atoms with Crippen LogP contribution in [0.3, 0.4) is 0 Å². The first-order valence-electron chi connectivity index (χ1n) is 10.0. The van der Waals surface area contributed by atoms with Gasteiger partial charge in [-0.2, -0.15) is 4.98 Å². The van der Waals surface area contributed by atoms with Crippen molar-refractivity contribution in [2.45, 2.75) is 13.1 Å². The maximum atomic E-state index is 13.0. The van der Waals surface area contributed by atoms with E-state index in [1.165, 1.54) is 18.8 Å². The van der Waals surface area contributed by atoms with Gasteiger partial charge < -0.3 is 19.4 Å². The van der Waals surface area contributed by atoms with Crippen LogP contribution in [0.1, 0.15) is 5.69 Å². The smallest absolute Gasteiger partial charge is 0.352 e. The Balaban J connectivity index is 1.60. The molecule has 1 aromatic heterocycles. The summed E-state index contributed by atoms with van der Waals surface area (Å²) in [5.74, 6) is 0.770. The third-order valence-electron chi connectivity index (χ3n) is 4.98. The summed E-state index contributed by atoms with van der Waals surface area (Å²) >= 11 is 0. The zero-order valence-corrected chi connectivity index (χ0v) is 18.0. The lowest BCUT2D eigenvalue weighted by Gasteiger charge is -2.15. The average Bonchev–Trinajstić information content (AvgIpc) is 2.83. The minimum absolute atomic E-state index is 0.0100. The standard InChI is InChI=1S/C23H21N5O5/c1-32-18-9-8-15(12-19(18)33-2)25-20(29)14-27-11-5-7-17-21(27)26-23(31)28(22(17)30)13-16-6-3-4-10-24-16/h3-12H,13-14H2,1-2H3,(H,25,29). The molecule has 0 fully saturated rings. The first-order valence-corrected chi connectivity index (χ1v) is 10.0. The molecule has 1 N–H and O–H groups in total. The van der Waals surface area contributed by atoms with Crippen molar-refractivity contribution < 1.29 is 14.3 Å². The normalized spacial score (nSPS) is 10.7. The predicted octanol–water partition coefficient (Wildman–Crippen LogP) is 1.61. The van der Waals surface area contributed by atoms with Crippen molar-refractivity contribution in [3.8, 4) is 22.9 Å². The average molecular weight is 447 g/mol. The van der Waals surface area contributed by atoms with E-state index in [1.807, 2.05) is 0 Å². The highest BCUT2D eigenvalue weighted by atomic mass is 16.5. The number of hydrogen-bond acceptors (Lipinski definition) is 7. The number of rotatable bonds is 7. The highest BCUT2D eigenvalue weighted by Gasteiger charge is 2.19. The molecule has 0 atom stereocenters. The number of benzene rings is 1. The largest absolute Gasteiger partial charge is 0.493 e. The lowest BCUT2D eigenvalue weighted by atomic mass is 10.2. The molecule has 10 heteroatoms. The molecule has 2 aromatic rings. The number of amides is 1. The van der Waals surface area contributed by atoms with Crippen molar-refractivity contribution in [2.75, 3.05) is 19.5 Å². The van der Waals surface area contributed by atoms with E-state index in [2.05, 4.69) is 15.3 Å². The van der Waals surface area contributed by atoms with E-state index in [1.54, 1.807) is 60.9 Å². The van der Waals surface area contributed by atoms with Crippen LogP contribution in [-0.4, -0.2) is 39.2 Å². The summed E-state index contributed by atoms with van der Waals surface area (Å²) < 4.78 is 12.9. The number of carbonyl (C=O) groups excluding carboxylic acids is 1. The number of aromatic nitrogens is 4. The van der Waals surface area contributed by atoms with E-state index >= 15 is 0 Å². The van der Waals surface area contributed by atoms with E-state index < -0.39 is 11.2 Å². The molecule has 10 nitrogen and oxygen atoms in total. The van der Waals surface area contributed by atoms with Gasteiger partial charge in [0, 0.05) is 24.1 Å². The lowest BCUT2D eigenvalue weighted by molar-refractivity contribution is -0.116. The molecule has 3 heterocycles. The summed E-state index contributed by atoms with van der Waals surface area (Å²) in [7, 11) is 3.02. The molecule has 0 bridgehead atoms. The molecule has 1 aromatic carbocycles. The Morgan fingerprint density at radius 1 is 1.03 bits per heavy atom. The Morgan fingerprint density at radius 3 is 2.58 bits per heavy atom. The van der Waals surface area contributed by atoms with E-state index in [0.29, 0.717) is 22.9 Å². The molecule has 2 aliphatic rings.